The molecule has 0 radical (unpaired) electrons. The van der Waals surface area contributed by atoms with Crippen LogP contribution in [0.2, 0.25) is 0 Å². The summed E-state index contributed by atoms with van der Waals surface area (Å²) in [6.45, 7) is 0.683. The first-order valence-corrected chi connectivity index (χ1v) is 5.53. The Morgan fingerprint density at radius 3 is 3.07 bits per heavy atom. The smallest absolute Gasteiger partial charge is 0.321 e. The lowest BCUT2D eigenvalue weighted by atomic mass is 10.1. The fraction of sp³-hybridized carbons (Fsp3) is 0.300. The van der Waals surface area contributed by atoms with Gasteiger partial charge in [-0.25, -0.2) is 4.79 Å². The monoisotopic (exact) mass is 254 g/mol. The second kappa shape index (κ2) is 3.61. The summed E-state index contributed by atoms with van der Waals surface area (Å²) in [4.78, 5) is 13.0. The largest absolute Gasteiger partial charge is 0.323 e. The van der Waals surface area contributed by atoms with Crippen LogP contribution in [0, 0.1) is 0 Å². The summed E-state index contributed by atoms with van der Waals surface area (Å²) in [5.41, 5.74) is 3.33. The van der Waals surface area contributed by atoms with E-state index in [1.54, 1.807) is 11.9 Å². The van der Waals surface area contributed by atoms with E-state index in [2.05, 4.69) is 27.3 Å². The molecule has 1 heterocycles. The zero-order chi connectivity index (χ0) is 10.1. The minimum absolute atomic E-state index is 0.0379. The number of rotatable bonds is 1. The molecule has 4 heteroatoms. The van der Waals surface area contributed by atoms with E-state index >= 15 is 0 Å². The summed E-state index contributed by atoms with van der Waals surface area (Å²) in [7, 11) is 1.79. The Balaban J connectivity index is 2.37. The molecule has 0 fully saturated rings. The Kier molecular flexibility index (Phi) is 2.46. The van der Waals surface area contributed by atoms with Crippen LogP contribution in [0.15, 0.2) is 18.2 Å². The average molecular weight is 255 g/mol. The minimum Gasteiger partial charge on any atom is -0.323 e. The van der Waals surface area contributed by atoms with Crippen LogP contribution < -0.4 is 5.32 Å². The SMILES string of the molecule is CN1Cc2cc(CBr)ccc2NC1=O. The van der Waals surface area contributed by atoms with Crippen LogP contribution in [0.25, 0.3) is 0 Å². The molecular weight excluding hydrogens is 244 g/mol. The summed E-state index contributed by atoms with van der Waals surface area (Å²) in [5, 5.41) is 3.68. The fourth-order valence-electron chi connectivity index (χ4n) is 1.52. The van der Waals surface area contributed by atoms with Gasteiger partial charge in [0.25, 0.3) is 0 Å². The Hall–Kier alpha value is -1.03. The highest BCUT2D eigenvalue weighted by Crippen LogP contribution is 2.24. The van der Waals surface area contributed by atoms with Gasteiger partial charge in [-0.1, -0.05) is 28.1 Å². The number of carbonyl (C=O) groups excluding carboxylic acids is 1. The molecule has 2 amide bonds. The van der Waals surface area contributed by atoms with Crippen molar-refractivity contribution in [2.75, 3.05) is 12.4 Å². The molecule has 0 saturated carbocycles. The van der Waals surface area contributed by atoms with E-state index in [1.807, 2.05) is 12.1 Å². The molecule has 0 spiro atoms. The summed E-state index contributed by atoms with van der Waals surface area (Å²) in [6.07, 6.45) is 0. The van der Waals surface area contributed by atoms with Gasteiger partial charge in [0, 0.05) is 24.6 Å². The quantitative estimate of drug-likeness (QED) is 0.768. The Bertz CT molecular complexity index is 378. The zero-order valence-corrected chi connectivity index (χ0v) is 9.47. The van der Waals surface area contributed by atoms with Crippen LogP contribution in [0.5, 0.6) is 0 Å². The van der Waals surface area contributed by atoms with Crippen LogP contribution in [0.3, 0.4) is 0 Å². The van der Waals surface area contributed by atoms with Crippen molar-refractivity contribution in [1.29, 1.82) is 0 Å². The number of alkyl halides is 1. The van der Waals surface area contributed by atoms with Gasteiger partial charge in [-0.15, -0.1) is 0 Å². The second-order valence-electron chi connectivity index (χ2n) is 3.41. The lowest BCUT2D eigenvalue weighted by Crippen LogP contribution is -2.35. The highest BCUT2D eigenvalue weighted by Gasteiger charge is 2.18. The molecule has 1 aliphatic heterocycles. The van der Waals surface area contributed by atoms with E-state index < -0.39 is 0 Å². The van der Waals surface area contributed by atoms with Gasteiger partial charge in [-0.2, -0.15) is 0 Å². The highest BCUT2D eigenvalue weighted by molar-refractivity contribution is 9.08. The average Bonchev–Trinajstić information content (AvgIpc) is 2.19. The Morgan fingerprint density at radius 2 is 2.36 bits per heavy atom. The van der Waals surface area contributed by atoms with Gasteiger partial charge in [0.15, 0.2) is 0 Å². The summed E-state index contributed by atoms with van der Waals surface area (Å²) >= 11 is 3.41. The summed E-state index contributed by atoms with van der Waals surface area (Å²) in [6, 6.07) is 6.04. The first-order chi connectivity index (χ1) is 6.70. The van der Waals surface area contributed by atoms with E-state index in [4.69, 9.17) is 0 Å². The molecule has 1 N–H and O–H groups in total. The third kappa shape index (κ3) is 1.62. The predicted octanol–water partition coefficient (Wildman–Crippen LogP) is 2.56. The molecule has 1 aliphatic rings. The molecule has 3 nitrogen and oxygen atoms in total. The molecule has 2 rings (SSSR count). The maximum absolute atomic E-state index is 11.3. The molecule has 1 aromatic carbocycles. The number of hydrogen-bond acceptors (Lipinski definition) is 1. The van der Waals surface area contributed by atoms with Crippen molar-refractivity contribution in [3.63, 3.8) is 0 Å². The predicted molar refractivity (Wildman–Crippen MR) is 59.6 cm³/mol. The van der Waals surface area contributed by atoms with Gasteiger partial charge in [0.2, 0.25) is 0 Å². The molecule has 14 heavy (non-hydrogen) atoms. The normalized spacial score (nSPS) is 15.0. The van der Waals surface area contributed by atoms with Crippen molar-refractivity contribution in [2.24, 2.45) is 0 Å². The number of hydrogen-bond donors (Lipinski definition) is 1. The number of carbonyl (C=O) groups is 1. The van der Waals surface area contributed by atoms with E-state index in [0.29, 0.717) is 6.54 Å². The van der Waals surface area contributed by atoms with E-state index in [9.17, 15) is 4.79 Å². The molecule has 0 aliphatic carbocycles. The van der Waals surface area contributed by atoms with Crippen LogP contribution in [-0.2, 0) is 11.9 Å². The molecule has 0 bridgehead atoms. The van der Waals surface area contributed by atoms with Gasteiger partial charge in [0.1, 0.15) is 0 Å². The fourth-order valence-corrected chi connectivity index (χ4v) is 1.87. The third-order valence-corrected chi connectivity index (χ3v) is 2.97. The standard InChI is InChI=1S/C10H11BrN2O/c1-13-6-8-4-7(5-11)2-3-9(8)12-10(13)14/h2-4H,5-6H2,1H3,(H,12,14). The summed E-state index contributed by atoms with van der Waals surface area (Å²) in [5.74, 6) is 0. The topological polar surface area (TPSA) is 32.3 Å². The maximum atomic E-state index is 11.3. The lowest BCUT2D eigenvalue weighted by molar-refractivity contribution is 0.218. The second-order valence-corrected chi connectivity index (χ2v) is 3.97. The number of fused-ring (bicyclic) bond motifs is 1. The van der Waals surface area contributed by atoms with Gasteiger partial charge in [-0.3, -0.25) is 0 Å². The number of urea groups is 1. The third-order valence-electron chi connectivity index (χ3n) is 2.32. The number of halogens is 1. The lowest BCUT2D eigenvalue weighted by Gasteiger charge is -2.26. The van der Waals surface area contributed by atoms with Crippen LogP contribution in [0.1, 0.15) is 11.1 Å². The zero-order valence-electron chi connectivity index (χ0n) is 7.88. The van der Waals surface area contributed by atoms with Crippen LogP contribution >= 0.6 is 15.9 Å². The molecular formula is C10H11BrN2O. The number of nitrogens with zero attached hydrogens (tertiary/aromatic N) is 1. The molecule has 0 unspecified atom stereocenters. The van der Waals surface area contributed by atoms with Gasteiger partial charge in [0.05, 0.1) is 0 Å². The molecule has 0 aromatic heterocycles. The van der Waals surface area contributed by atoms with Gasteiger partial charge in [-0.05, 0) is 17.2 Å². The number of nitrogens with one attached hydrogen (secondary N) is 1. The van der Waals surface area contributed by atoms with Gasteiger partial charge >= 0.3 is 6.03 Å². The molecule has 0 atom stereocenters. The van der Waals surface area contributed by atoms with Crippen molar-refractivity contribution >= 4 is 27.6 Å². The first-order valence-electron chi connectivity index (χ1n) is 4.40. The molecule has 74 valence electrons. The maximum Gasteiger partial charge on any atom is 0.321 e. The molecule has 1 aromatic rings. The van der Waals surface area contributed by atoms with E-state index in [-0.39, 0.29) is 6.03 Å². The number of anilines is 1. The van der Waals surface area contributed by atoms with E-state index in [0.717, 1.165) is 11.0 Å². The van der Waals surface area contributed by atoms with Crippen LogP contribution in [0.4, 0.5) is 10.5 Å². The van der Waals surface area contributed by atoms with E-state index in [1.165, 1.54) is 11.1 Å². The van der Waals surface area contributed by atoms with Crippen molar-refractivity contribution in [1.82, 2.24) is 4.90 Å². The highest BCUT2D eigenvalue weighted by atomic mass is 79.9. The minimum atomic E-state index is -0.0379. The number of benzene rings is 1. The van der Waals surface area contributed by atoms with Crippen molar-refractivity contribution < 1.29 is 4.79 Å². The Labute approximate surface area is 91.2 Å². The van der Waals surface area contributed by atoms with Crippen LogP contribution in [-0.4, -0.2) is 18.0 Å². The number of amides is 2. The first kappa shape index (κ1) is 9.52. The van der Waals surface area contributed by atoms with Crippen molar-refractivity contribution in [3.8, 4) is 0 Å². The Morgan fingerprint density at radius 1 is 1.57 bits per heavy atom. The summed E-state index contributed by atoms with van der Waals surface area (Å²) < 4.78 is 0. The van der Waals surface area contributed by atoms with Crippen molar-refractivity contribution in [3.05, 3.63) is 29.3 Å². The van der Waals surface area contributed by atoms with Gasteiger partial charge < -0.3 is 10.2 Å². The van der Waals surface area contributed by atoms with Crippen molar-refractivity contribution in [2.45, 2.75) is 11.9 Å². The molecule has 0 saturated heterocycles.